The van der Waals surface area contributed by atoms with Gasteiger partial charge in [-0.25, -0.2) is 0 Å². The molecule has 1 aliphatic rings. The maximum absolute atomic E-state index is 6.22. The highest BCUT2D eigenvalue weighted by Gasteiger charge is 2.25. The fourth-order valence-corrected chi connectivity index (χ4v) is 3.06. The number of aromatic nitrogens is 2. The van der Waals surface area contributed by atoms with Gasteiger partial charge in [0.25, 0.3) is 0 Å². The van der Waals surface area contributed by atoms with Crippen molar-refractivity contribution in [3.8, 4) is 11.1 Å². The standard InChI is InChI=1S/C15H17Cl2N3O/c1-20-15(18)13(10-2-3-11(16)12(17)8-10)14(19-20)9-4-6-21-7-5-9/h2-3,8-9H,4-7,18H2,1H3. The second-order valence-corrected chi connectivity index (χ2v) is 6.10. The Labute approximate surface area is 133 Å². The Morgan fingerprint density at radius 2 is 1.95 bits per heavy atom. The molecule has 2 aromatic rings. The van der Waals surface area contributed by atoms with Crippen molar-refractivity contribution in [3.63, 3.8) is 0 Å². The maximum Gasteiger partial charge on any atom is 0.129 e. The number of nitrogens with two attached hydrogens (primary N) is 1. The van der Waals surface area contributed by atoms with Crippen LogP contribution in [0.15, 0.2) is 18.2 Å². The summed E-state index contributed by atoms with van der Waals surface area (Å²) in [6.45, 7) is 1.53. The number of hydrogen-bond donors (Lipinski definition) is 1. The first kappa shape index (κ1) is 14.7. The van der Waals surface area contributed by atoms with E-state index in [4.69, 9.17) is 33.7 Å². The molecule has 0 spiro atoms. The summed E-state index contributed by atoms with van der Waals surface area (Å²) in [5, 5.41) is 5.68. The Kier molecular flexibility index (Phi) is 4.11. The van der Waals surface area contributed by atoms with E-state index in [1.165, 1.54) is 0 Å². The molecule has 0 aliphatic carbocycles. The lowest BCUT2D eigenvalue weighted by Gasteiger charge is -2.21. The Balaban J connectivity index is 2.09. The van der Waals surface area contributed by atoms with Gasteiger partial charge in [-0.1, -0.05) is 29.3 Å². The molecule has 0 saturated carbocycles. The van der Waals surface area contributed by atoms with Gasteiger partial charge in [0.1, 0.15) is 5.82 Å². The zero-order valence-electron chi connectivity index (χ0n) is 11.8. The van der Waals surface area contributed by atoms with E-state index >= 15 is 0 Å². The van der Waals surface area contributed by atoms with Gasteiger partial charge >= 0.3 is 0 Å². The third-order valence-corrected chi connectivity index (χ3v) is 4.67. The van der Waals surface area contributed by atoms with Crippen molar-refractivity contribution in [1.82, 2.24) is 9.78 Å². The summed E-state index contributed by atoms with van der Waals surface area (Å²) in [6, 6.07) is 5.57. The third-order valence-electron chi connectivity index (χ3n) is 3.93. The largest absolute Gasteiger partial charge is 0.383 e. The van der Waals surface area contributed by atoms with Crippen LogP contribution in [0.4, 0.5) is 5.82 Å². The van der Waals surface area contributed by atoms with Crippen LogP contribution in [-0.4, -0.2) is 23.0 Å². The van der Waals surface area contributed by atoms with E-state index in [0.717, 1.165) is 42.9 Å². The smallest absolute Gasteiger partial charge is 0.129 e. The van der Waals surface area contributed by atoms with Gasteiger partial charge in [0.15, 0.2) is 0 Å². The van der Waals surface area contributed by atoms with Crippen molar-refractivity contribution in [1.29, 1.82) is 0 Å². The van der Waals surface area contributed by atoms with E-state index in [2.05, 4.69) is 5.10 Å². The third kappa shape index (κ3) is 2.76. The number of halogens is 2. The summed E-state index contributed by atoms with van der Waals surface area (Å²) >= 11 is 12.1. The Morgan fingerprint density at radius 3 is 2.62 bits per heavy atom. The average Bonchev–Trinajstić information content (AvgIpc) is 2.79. The molecule has 1 saturated heterocycles. The maximum atomic E-state index is 6.22. The molecule has 2 heterocycles. The van der Waals surface area contributed by atoms with Crippen molar-refractivity contribution in [2.45, 2.75) is 18.8 Å². The first-order chi connectivity index (χ1) is 10.1. The molecule has 1 aromatic heterocycles. The van der Waals surface area contributed by atoms with Gasteiger partial charge in [-0.2, -0.15) is 5.10 Å². The number of nitrogens with zero attached hydrogens (tertiary/aromatic N) is 2. The molecule has 21 heavy (non-hydrogen) atoms. The topological polar surface area (TPSA) is 53.1 Å². The van der Waals surface area contributed by atoms with E-state index in [-0.39, 0.29) is 0 Å². The molecule has 4 nitrogen and oxygen atoms in total. The van der Waals surface area contributed by atoms with Gasteiger partial charge in [0, 0.05) is 31.7 Å². The molecule has 112 valence electrons. The number of rotatable bonds is 2. The minimum absolute atomic E-state index is 0.367. The van der Waals surface area contributed by atoms with Crippen LogP contribution in [0.2, 0.25) is 10.0 Å². The molecule has 1 aliphatic heterocycles. The lowest BCUT2D eigenvalue weighted by molar-refractivity contribution is 0.0845. The van der Waals surface area contributed by atoms with E-state index in [1.807, 2.05) is 19.2 Å². The number of nitrogen functional groups attached to an aromatic ring is 1. The van der Waals surface area contributed by atoms with Crippen LogP contribution in [0, 0.1) is 0 Å². The molecular formula is C15H17Cl2N3O. The van der Waals surface area contributed by atoms with Crippen molar-refractivity contribution in [3.05, 3.63) is 33.9 Å². The van der Waals surface area contributed by atoms with Crippen LogP contribution in [0.25, 0.3) is 11.1 Å². The predicted molar refractivity (Wildman–Crippen MR) is 85.9 cm³/mol. The molecule has 0 amide bonds. The van der Waals surface area contributed by atoms with Gasteiger partial charge in [-0.3, -0.25) is 4.68 Å². The van der Waals surface area contributed by atoms with Crippen LogP contribution < -0.4 is 5.73 Å². The lowest BCUT2D eigenvalue weighted by Crippen LogP contribution is -2.15. The van der Waals surface area contributed by atoms with E-state index in [0.29, 0.717) is 21.8 Å². The summed E-state index contributed by atoms with van der Waals surface area (Å²) in [5.74, 6) is 1.02. The van der Waals surface area contributed by atoms with Crippen LogP contribution in [-0.2, 0) is 11.8 Å². The van der Waals surface area contributed by atoms with Crippen LogP contribution in [0.5, 0.6) is 0 Å². The second-order valence-electron chi connectivity index (χ2n) is 5.28. The van der Waals surface area contributed by atoms with Crippen LogP contribution in [0.3, 0.4) is 0 Å². The molecule has 1 fully saturated rings. The SMILES string of the molecule is Cn1nc(C2CCOCC2)c(-c2ccc(Cl)c(Cl)c2)c1N. The number of benzene rings is 1. The van der Waals surface area contributed by atoms with Crippen molar-refractivity contribution in [2.24, 2.45) is 7.05 Å². The summed E-state index contributed by atoms with van der Waals surface area (Å²) < 4.78 is 7.16. The van der Waals surface area contributed by atoms with Gasteiger partial charge in [0.2, 0.25) is 0 Å². The highest BCUT2D eigenvalue weighted by Crippen LogP contribution is 2.39. The number of ether oxygens (including phenoxy) is 1. The van der Waals surface area contributed by atoms with Crippen molar-refractivity contribution in [2.75, 3.05) is 18.9 Å². The van der Waals surface area contributed by atoms with Gasteiger partial charge in [-0.15, -0.1) is 0 Å². The fraction of sp³-hybridized carbons (Fsp3) is 0.400. The predicted octanol–water partition coefficient (Wildman–Crippen LogP) is 3.87. The molecule has 3 rings (SSSR count). The van der Waals surface area contributed by atoms with Crippen molar-refractivity contribution < 1.29 is 4.74 Å². The average molecular weight is 326 g/mol. The number of aryl methyl sites for hydroxylation is 1. The lowest BCUT2D eigenvalue weighted by atomic mass is 9.91. The molecule has 2 N–H and O–H groups in total. The quantitative estimate of drug-likeness (QED) is 0.911. The summed E-state index contributed by atoms with van der Waals surface area (Å²) in [7, 11) is 1.86. The Morgan fingerprint density at radius 1 is 1.24 bits per heavy atom. The Hall–Kier alpha value is -1.23. The summed E-state index contributed by atoms with van der Waals surface area (Å²) in [4.78, 5) is 0. The van der Waals surface area contributed by atoms with Crippen molar-refractivity contribution >= 4 is 29.0 Å². The number of anilines is 1. The van der Waals surface area contributed by atoms with E-state index in [1.54, 1.807) is 10.7 Å². The molecule has 0 atom stereocenters. The summed E-state index contributed by atoms with van der Waals surface area (Å²) in [6.07, 6.45) is 1.93. The second kappa shape index (κ2) is 5.87. The minimum Gasteiger partial charge on any atom is -0.383 e. The highest BCUT2D eigenvalue weighted by molar-refractivity contribution is 6.42. The van der Waals surface area contributed by atoms with Gasteiger partial charge in [-0.05, 0) is 30.5 Å². The van der Waals surface area contributed by atoms with Gasteiger partial charge in [0.05, 0.1) is 15.7 Å². The number of hydrogen-bond acceptors (Lipinski definition) is 3. The molecule has 1 aromatic carbocycles. The molecule has 0 radical (unpaired) electrons. The van der Waals surface area contributed by atoms with Gasteiger partial charge < -0.3 is 10.5 Å². The zero-order valence-corrected chi connectivity index (χ0v) is 13.3. The van der Waals surface area contributed by atoms with Crippen LogP contribution >= 0.6 is 23.2 Å². The minimum atomic E-state index is 0.367. The van der Waals surface area contributed by atoms with Crippen LogP contribution in [0.1, 0.15) is 24.5 Å². The van der Waals surface area contributed by atoms with E-state index < -0.39 is 0 Å². The first-order valence-electron chi connectivity index (χ1n) is 6.93. The monoisotopic (exact) mass is 325 g/mol. The molecular weight excluding hydrogens is 309 g/mol. The molecule has 6 heteroatoms. The normalized spacial score (nSPS) is 16.3. The van der Waals surface area contributed by atoms with E-state index in [9.17, 15) is 0 Å². The Bertz CT molecular complexity index is 663. The first-order valence-corrected chi connectivity index (χ1v) is 7.69. The molecule has 0 bridgehead atoms. The zero-order chi connectivity index (χ0) is 15.0. The summed E-state index contributed by atoms with van der Waals surface area (Å²) in [5.41, 5.74) is 9.16. The molecule has 0 unspecified atom stereocenters. The fourth-order valence-electron chi connectivity index (χ4n) is 2.76. The highest BCUT2D eigenvalue weighted by atomic mass is 35.5.